The second kappa shape index (κ2) is 6.19. The van der Waals surface area contributed by atoms with E-state index >= 15 is 0 Å². The lowest BCUT2D eigenvalue weighted by atomic mass is 10.2. The summed E-state index contributed by atoms with van der Waals surface area (Å²) in [6.45, 7) is 0. The molecule has 2 aromatic rings. The van der Waals surface area contributed by atoms with Gasteiger partial charge in [-0.2, -0.15) is 0 Å². The predicted octanol–water partition coefficient (Wildman–Crippen LogP) is 2.19. The van der Waals surface area contributed by atoms with Crippen LogP contribution in [0.2, 0.25) is 0 Å². The third kappa shape index (κ3) is 4.15. The van der Waals surface area contributed by atoms with Crippen molar-refractivity contribution in [2.24, 2.45) is 0 Å². The highest BCUT2D eigenvalue weighted by molar-refractivity contribution is 7.95. The number of benzene rings is 1. The second-order valence-electron chi connectivity index (χ2n) is 4.07. The molecule has 2 N–H and O–H groups in total. The van der Waals surface area contributed by atoms with Gasteiger partial charge in [-0.05, 0) is 23.8 Å². The van der Waals surface area contributed by atoms with Crippen molar-refractivity contribution < 1.29 is 18.3 Å². The van der Waals surface area contributed by atoms with Gasteiger partial charge in [0.2, 0.25) is 0 Å². The lowest BCUT2D eigenvalue weighted by Crippen LogP contribution is -2.13. The van der Waals surface area contributed by atoms with Crippen molar-refractivity contribution in [3.05, 3.63) is 65.2 Å². The van der Waals surface area contributed by atoms with Crippen LogP contribution in [0, 0.1) is 0 Å². The van der Waals surface area contributed by atoms with Crippen LogP contribution in [-0.4, -0.2) is 24.5 Å². The first-order valence-electron chi connectivity index (χ1n) is 5.92. The summed E-state index contributed by atoms with van der Waals surface area (Å²) in [5, 5.41) is 9.94. The number of carboxylic acids is 1. The Morgan fingerprint density at radius 3 is 2.52 bits per heavy atom. The maximum Gasteiger partial charge on any atom is 0.339 e. The number of anilines is 1. The molecule has 2 rings (SSSR count). The van der Waals surface area contributed by atoms with E-state index in [0.29, 0.717) is 5.56 Å². The van der Waals surface area contributed by atoms with E-state index in [1.807, 2.05) is 6.07 Å². The maximum absolute atomic E-state index is 11.9. The standard InChI is InChI=1S/C14H12N2O4S/c17-14(18)12-7-4-9-15-13(12)16-21(19,20)10-8-11-5-2-1-3-6-11/h1-10H,(H,15,16)(H,17,18). The van der Waals surface area contributed by atoms with Crippen LogP contribution in [0.15, 0.2) is 54.1 Å². The van der Waals surface area contributed by atoms with Crippen molar-refractivity contribution in [3.63, 3.8) is 0 Å². The topological polar surface area (TPSA) is 96.4 Å². The first-order valence-corrected chi connectivity index (χ1v) is 7.47. The van der Waals surface area contributed by atoms with Crippen LogP contribution in [0.1, 0.15) is 15.9 Å². The van der Waals surface area contributed by atoms with Gasteiger partial charge in [-0.15, -0.1) is 0 Å². The number of rotatable bonds is 5. The number of sulfonamides is 1. The van der Waals surface area contributed by atoms with Crippen molar-refractivity contribution >= 4 is 27.9 Å². The molecule has 0 radical (unpaired) electrons. The fourth-order valence-corrected chi connectivity index (χ4v) is 2.40. The third-order valence-electron chi connectivity index (χ3n) is 2.52. The number of hydrogen-bond acceptors (Lipinski definition) is 4. The average Bonchev–Trinajstić information content (AvgIpc) is 2.46. The molecule has 0 fully saturated rings. The minimum Gasteiger partial charge on any atom is -0.478 e. The smallest absolute Gasteiger partial charge is 0.339 e. The summed E-state index contributed by atoms with van der Waals surface area (Å²) >= 11 is 0. The molecule has 0 saturated heterocycles. The molecule has 0 atom stereocenters. The molecule has 0 unspecified atom stereocenters. The summed E-state index contributed by atoms with van der Waals surface area (Å²) < 4.78 is 26.0. The number of aromatic carboxylic acids is 1. The normalized spacial score (nSPS) is 11.4. The zero-order valence-corrected chi connectivity index (χ0v) is 11.6. The molecule has 0 bridgehead atoms. The highest BCUT2D eigenvalue weighted by atomic mass is 32.2. The highest BCUT2D eigenvalue weighted by Crippen LogP contribution is 2.14. The summed E-state index contributed by atoms with van der Waals surface area (Å²) in [7, 11) is -3.85. The van der Waals surface area contributed by atoms with E-state index in [0.717, 1.165) is 5.41 Å². The lowest BCUT2D eigenvalue weighted by Gasteiger charge is -2.06. The zero-order chi connectivity index (χ0) is 15.3. The summed E-state index contributed by atoms with van der Waals surface area (Å²) in [6, 6.07) is 11.6. The highest BCUT2D eigenvalue weighted by Gasteiger charge is 2.14. The molecule has 0 aliphatic rings. The molecule has 108 valence electrons. The van der Waals surface area contributed by atoms with Gasteiger partial charge in [-0.3, -0.25) is 4.72 Å². The molecule has 0 aliphatic heterocycles. The molecular formula is C14H12N2O4S. The van der Waals surface area contributed by atoms with Gasteiger partial charge in [-0.25, -0.2) is 18.2 Å². The Morgan fingerprint density at radius 1 is 1.14 bits per heavy atom. The molecule has 7 heteroatoms. The Kier molecular flexibility index (Phi) is 4.34. The molecule has 21 heavy (non-hydrogen) atoms. The number of nitrogens with zero attached hydrogens (tertiary/aromatic N) is 1. The summed E-state index contributed by atoms with van der Waals surface area (Å²) in [5.41, 5.74) is 0.497. The van der Waals surface area contributed by atoms with Crippen molar-refractivity contribution in [2.75, 3.05) is 4.72 Å². The van der Waals surface area contributed by atoms with Crippen LogP contribution in [0.25, 0.3) is 6.08 Å². The number of nitrogens with one attached hydrogen (secondary N) is 1. The molecule has 6 nitrogen and oxygen atoms in total. The molecule has 0 amide bonds. The predicted molar refractivity (Wildman–Crippen MR) is 79.2 cm³/mol. The maximum atomic E-state index is 11.9. The van der Waals surface area contributed by atoms with E-state index < -0.39 is 16.0 Å². The average molecular weight is 304 g/mol. The van der Waals surface area contributed by atoms with Gasteiger partial charge in [0, 0.05) is 6.20 Å². The number of hydrogen-bond donors (Lipinski definition) is 2. The second-order valence-corrected chi connectivity index (χ2v) is 5.63. The van der Waals surface area contributed by atoms with E-state index in [4.69, 9.17) is 5.11 Å². The fourth-order valence-electron chi connectivity index (χ4n) is 1.56. The lowest BCUT2D eigenvalue weighted by molar-refractivity contribution is 0.0697. The largest absolute Gasteiger partial charge is 0.478 e. The Balaban J connectivity index is 2.23. The van der Waals surface area contributed by atoms with E-state index in [9.17, 15) is 13.2 Å². The number of carbonyl (C=O) groups is 1. The molecule has 1 aromatic heterocycles. The molecule has 0 saturated carbocycles. The van der Waals surface area contributed by atoms with Gasteiger partial charge in [0.1, 0.15) is 5.56 Å². The van der Waals surface area contributed by atoms with Crippen LogP contribution in [0.3, 0.4) is 0 Å². The minimum absolute atomic E-state index is 0.214. The fraction of sp³-hybridized carbons (Fsp3) is 0. The van der Waals surface area contributed by atoms with E-state index in [1.165, 1.54) is 24.4 Å². The Labute approximate surface area is 121 Å². The van der Waals surface area contributed by atoms with Crippen molar-refractivity contribution in [3.8, 4) is 0 Å². The van der Waals surface area contributed by atoms with Crippen LogP contribution in [0.4, 0.5) is 5.82 Å². The third-order valence-corrected chi connectivity index (χ3v) is 3.49. The van der Waals surface area contributed by atoms with Crippen molar-refractivity contribution in [1.29, 1.82) is 0 Å². The summed E-state index contributed by atoms with van der Waals surface area (Å²) in [4.78, 5) is 14.7. The molecule has 0 aliphatic carbocycles. The number of aromatic nitrogens is 1. The quantitative estimate of drug-likeness (QED) is 0.882. The number of pyridine rings is 1. The minimum atomic E-state index is -3.85. The SMILES string of the molecule is O=C(O)c1cccnc1NS(=O)(=O)C=Cc1ccccc1. The van der Waals surface area contributed by atoms with Crippen LogP contribution in [0.5, 0.6) is 0 Å². The van der Waals surface area contributed by atoms with Gasteiger partial charge in [0.05, 0.1) is 5.41 Å². The van der Waals surface area contributed by atoms with Crippen molar-refractivity contribution in [2.45, 2.75) is 0 Å². The van der Waals surface area contributed by atoms with E-state index in [1.54, 1.807) is 24.3 Å². The van der Waals surface area contributed by atoms with Gasteiger partial charge < -0.3 is 5.11 Å². The summed E-state index contributed by atoms with van der Waals surface area (Å²) in [5.74, 6) is -1.48. The Bertz CT molecular complexity index is 771. The Hall–Kier alpha value is -2.67. The van der Waals surface area contributed by atoms with Gasteiger partial charge in [0.15, 0.2) is 5.82 Å². The first kappa shape index (κ1) is 14.7. The molecule has 0 spiro atoms. The van der Waals surface area contributed by atoms with Crippen LogP contribution >= 0.6 is 0 Å². The van der Waals surface area contributed by atoms with Gasteiger partial charge >= 0.3 is 5.97 Å². The van der Waals surface area contributed by atoms with E-state index in [-0.39, 0.29) is 11.4 Å². The van der Waals surface area contributed by atoms with Crippen LogP contribution < -0.4 is 4.72 Å². The summed E-state index contributed by atoms with van der Waals surface area (Å²) in [6.07, 6.45) is 2.72. The van der Waals surface area contributed by atoms with Gasteiger partial charge in [0.25, 0.3) is 10.0 Å². The van der Waals surface area contributed by atoms with Crippen LogP contribution in [-0.2, 0) is 10.0 Å². The molecule has 1 aromatic carbocycles. The first-order chi connectivity index (χ1) is 9.98. The van der Waals surface area contributed by atoms with E-state index in [2.05, 4.69) is 9.71 Å². The van der Waals surface area contributed by atoms with Crippen molar-refractivity contribution in [1.82, 2.24) is 4.98 Å². The molecular weight excluding hydrogens is 292 g/mol. The number of carboxylic acid groups (broad SMARTS) is 1. The van der Waals surface area contributed by atoms with Gasteiger partial charge in [-0.1, -0.05) is 30.3 Å². The molecule has 1 heterocycles. The monoisotopic (exact) mass is 304 g/mol. The Morgan fingerprint density at radius 2 is 1.86 bits per heavy atom. The zero-order valence-electron chi connectivity index (χ0n) is 10.8.